The molecule has 0 aromatic heterocycles. The van der Waals surface area contributed by atoms with Crippen molar-refractivity contribution >= 4 is 26.5 Å². The fourth-order valence-electron chi connectivity index (χ4n) is 16.5. The average Bonchev–Trinajstić information content (AvgIpc) is 4.00. The van der Waals surface area contributed by atoms with Gasteiger partial charge in [-0.15, -0.1) is 0 Å². The third kappa shape index (κ3) is 10.4. The van der Waals surface area contributed by atoms with Crippen LogP contribution in [0.15, 0.2) is 52.9 Å². The van der Waals surface area contributed by atoms with Crippen LogP contribution >= 0.6 is 0 Å². The Bertz CT molecular complexity index is 2660. The summed E-state index contributed by atoms with van der Waals surface area (Å²) in [7, 11) is -0.214. The molecule has 11 rings (SSSR count). The second-order valence-corrected chi connectivity index (χ2v) is 27.7. The van der Waals surface area contributed by atoms with Gasteiger partial charge < -0.3 is 83.9 Å². The van der Waals surface area contributed by atoms with Crippen LogP contribution in [0.4, 0.5) is 5.69 Å². The van der Waals surface area contributed by atoms with Crippen LogP contribution in [0.3, 0.4) is 0 Å². The number of aliphatic hydroxyl groups is 7. The van der Waals surface area contributed by atoms with E-state index in [1.54, 1.807) is 18.2 Å². The number of nitrogens with one attached hydrogen (secondary N) is 2. The van der Waals surface area contributed by atoms with Crippen LogP contribution in [0, 0.1) is 46.3 Å². The van der Waals surface area contributed by atoms with Crippen LogP contribution in [-0.4, -0.2) is 195 Å². The minimum Gasteiger partial charge on any atom is -0.388 e. The van der Waals surface area contributed by atoms with Crippen molar-refractivity contribution in [3.63, 3.8) is 0 Å². The van der Waals surface area contributed by atoms with E-state index in [0.717, 1.165) is 62.6 Å². The number of ether oxygens (including phenoxy) is 8. The van der Waals surface area contributed by atoms with Crippen LogP contribution in [0.5, 0.6) is 0 Å². The predicted octanol–water partition coefficient (Wildman–Crippen LogP) is 3.04. The van der Waals surface area contributed by atoms with Gasteiger partial charge in [0.25, 0.3) is 0 Å². The van der Waals surface area contributed by atoms with E-state index < -0.39 is 114 Å². The first-order valence-electron chi connectivity index (χ1n) is 29.6. The number of fused-ring (bicyclic) bond motifs is 8. The summed E-state index contributed by atoms with van der Waals surface area (Å²) in [6.45, 7) is 13.4. The molecule has 20 nitrogen and oxygen atoms in total. The third-order valence-corrected chi connectivity index (χ3v) is 22.6. The minimum atomic E-state index is -4.00. The summed E-state index contributed by atoms with van der Waals surface area (Å²) in [6, 6.07) is 10.7. The highest BCUT2D eigenvalue weighted by molar-refractivity contribution is 7.89. The first-order valence-corrected chi connectivity index (χ1v) is 31.0. The molecule has 9 aliphatic rings. The molecule has 0 amide bonds. The first-order chi connectivity index (χ1) is 38.0. The number of allylic oxidation sites excluding steroid dienone is 1. The molecule has 5 heterocycles. The number of hydrogen-bond donors (Lipinski definition) is 9. The van der Waals surface area contributed by atoms with Crippen molar-refractivity contribution in [3.05, 3.63) is 48.0 Å². The molecule has 2 aromatic carbocycles. The Balaban J connectivity index is 0.824. The van der Waals surface area contributed by atoms with Gasteiger partial charge in [-0.05, 0) is 118 Å². The number of hydrogen-bond acceptors (Lipinski definition) is 19. The van der Waals surface area contributed by atoms with Crippen molar-refractivity contribution in [2.24, 2.45) is 46.3 Å². The van der Waals surface area contributed by atoms with Gasteiger partial charge in [0.2, 0.25) is 10.0 Å². The molecular formula is C59H89N3O17S. The van der Waals surface area contributed by atoms with E-state index in [4.69, 9.17) is 37.9 Å². The van der Waals surface area contributed by atoms with Gasteiger partial charge in [0, 0.05) is 62.5 Å². The van der Waals surface area contributed by atoms with E-state index in [1.807, 2.05) is 37.2 Å². The SMILES string of the molecule is C[C@@H]1CC[C@@]2(OC1)O[C@H]1C[C@H]3[C@@H]4CC=C5C[C@@H](O[C@@H]6O[C@H](CNCCNS(=O)(=O)c7cccc8c(N(C)C)cccc78)[C@@H](O[C@@H]7O[C@@H](C)[C@@H](O)[C@@H](O)[C@H]7O)[C@H](O)[C@H]6O[C@@H]6O[C@@H](C)[C@H](O)[C@@H](O)[C@H]6O)CC[C@]5(C)[C@H]4CC[C@]3(C)[C@H]1[C@@H]2C. The summed E-state index contributed by atoms with van der Waals surface area (Å²) in [5, 5.41) is 82.5. The molecule has 9 N–H and O–H groups in total. The van der Waals surface area contributed by atoms with Crippen LogP contribution in [0.2, 0.25) is 0 Å². The average molecular weight is 1140 g/mol. The molecule has 5 aliphatic heterocycles. The monoisotopic (exact) mass is 1140 g/mol. The van der Waals surface area contributed by atoms with Crippen LogP contribution in [0.1, 0.15) is 99.3 Å². The quantitative estimate of drug-likeness (QED) is 0.0972. The molecule has 0 radical (unpaired) electrons. The van der Waals surface area contributed by atoms with Crippen LogP contribution in [0.25, 0.3) is 10.8 Å². The molecule has 4 aliphatic carbocycles. The molecular weight excluding hydrogens is 1050 g/mol. The Kier molecular flexibility index (Phi) is 16.8. The van der Waals surface area contributed by atoms with Crippen molar-refractivity contribution in [3.8, 4) is 0 Å². The molecule has 2 aromatic rings. The maximum atomic E-state index is 13.9. The van der Waals surface area contributed by atoms with E-state index in [1.165, 1.54) is 19.4 Å². The Morgan fingerprint density at radius 3 is 2.06 bits per heavy atom. The lowest BCUT2D eigenvalue weighted by molar-refractivity contribution is -0.386. The van der Waals surface area contributed by atoms with Gasteiger partial charge in [0.05, 0.1) is 35.9 Å². The Morgan fingerprint density at radius 1 is 0.713 bits per heavy atom. The summed E-state index contributed by atoms with van der Waals surface area (Å²) in [4.78, 5) is 2.05. The molecule has 26 atom stereocenters. The third-order valence-electron chi connectivity index (χ3n) is 21.0. The largest absolute Gasteiger partial charge is 0.388 e. The predicted molar refractivity (Wildman–Crippen MR) is 292 cm³/mol. The van der Waals surface area contributed by atoms with Crippen molar-refractivity contribution in [2.75, 3.05) is 45.2 Å². The zero-order valence-electron chi connectivity index (χ0n) is 47.6. The fraction of sp³-hybridized carbons (Fsp3) is 0.797. The first kappa shape index (κ1) is 59.2. The van der Waals surface area contributed by atoms with E-state index in [2.05, 4.69) is 43.8 Å². The smallest absolute Gasteiger partial charge is 0.241 e. The van der Waals surface area contributed by atoms with Gasteiger partial charge in [-0.1, -0.05) is 63.6 Å². The van der Waals surface area contributed by atoms with Gasteiger partial charge in [0.1, 0.15) is 61.0 Å². The lowest BCUT2D eigenvalue weighted by atomic mass is 9.47. The number of anilines is 1. The Morgan fingerprint density at radius 2 is 1.39 bits per heavy atom. The summed E-state index contributed by atoms with van der Waals surface area (Å²) in [5.74, 6) is 2.41. The topological polar surface area (TPSA) is 277 Å². The normalized spacial score (nSPS) is 47.5. The summed E-state index contributed by atoms with van der Waals surface area (Å²) < 4.78 is 82.3. The molecule has 21 heteroatoms. The lowest BCUT2D eigenvalue weighted by Gasteiger charge is -2.59. The van der Waals surface area contributed by atoms with Gasteiger partial charge in [-0.25, -0.2) is 13.1 Å². The highest BCUT2D eigenvalue weighted by Gasteiger charge is 2.69. The maximum absolute atomic E-state index is 13.9. The standard InChI is InChI=1S/C59H89N3O17S/c1-29-17-22-59(72-28-29)30(2)44-41(79-59)26-39-37-16-15-33-25-34(18-20-57(33,5)38(37)19-21-58(39,44)6)75-56-53(78-55-50(68)48(66)46(64)32(4)74-55)51(69)52(77-54-49(67)47(65)45(63)31(3)73-54)42(76-56)27-60-23-24-61-80(70,71)43-14-10-11-35-36(43)12-9-13-40(35)62(7)8/h9-15,29-32,34,37-39,41-42,44-56,60-61,63-69H,16-28H2,1-8H3/t29-,30+,31+,32+,34+,37-,38+,39+,41+,42-,44+,45-,46+,47-,48-,49-,50-,51+,52-,53-,54+,55+,56-,57+,58+,59-/m1/s1. The van der Waals surface area contributed by atoms with Crippen molar-refractivity contribution in [1.82, 2.24) is 10.0 Å². The number of benzene rings is 2. The molecule has 80 heavy (non-hydrogen) atoms. The van der Waals surface area contributed by atoms with E-state index in [0.29, 0.717) is 53.7 Å². The van der Waals surface area contributed by atoms with E-state index in [-0.39, 0.29) is 41.5 Å². The molecule has 448 valence electrons. The Labute approximate surface area is 470 Å². The van der Waals surface area contributed by atoms with Crippen LogP contribution in [-0.2, 0) is 47.9 Å². The summed E-state index contributed by atoms with van der Waals surface area (Å²) in [5.41, 5.74) is 2.29. The summed E-state index contributed by atoms with van der Waals surface area (Å²) >= 11 is 0. The molecule has 0 bridgehead atoms. The van der Waals surface area contributed by atoms with Crippen molar-refractivity contribution in [2.45, 2.75) is 214 Å². The van der Waals surface area contributed by atoms with Crippen molar-refractivity contribution in [1.29, 1.82) is 0 Å². The number of sulfonamides is 1. The molecule has 0 unspecified atom stereocenters. The minimum absolute atomic E-state index is 0.0468. The molecule has 1 spiro atoms. The van der Waals surface area contributed by atoms with Gasteiger partial charge in [-0.3, -0.25) is 0 Å². The number of rotatable bonds is 14. The van der Waals surface area contributed by atoms with Gasteiger partial charge in [0.15, 0.2) is 24.7 Å². The number of nitrogens with zero attached hydrogens (tertiary/aromatic N) is 1. The van der Waals surface area contributed by atoms with E-state index >= 15 is 0 Å². The maximum Gasteiger partial charge on any atom is 0.241 e. The Hall–Kier alpha value is -2.49. The number of aliphatic hydroxyl groups excluding tert-OH is 7. The summed E-state index contributed by atoms with van der Waals surface area (Å²) in [6.07, 6.45) is -11.2. The van der Waals surface area contributed by atoms with Gasteiger partial charge >= 0.3 is 0 Å². The highest BCUT2D eigenvalue weighted by Crippen LogP contribution is 2.71. The van der Waals surface area contributed by atoms with Crippen LogP contribution < -0.4 is 14.9 Å². The van der Waals surface area contributed by atoms with E-state index in [9.17, 15) is 44.2 Å². The zero-order chi connectivity index (χ0) is 57.0. The van der Waals surface area contributed by atoms with Crippen molar-refractivity contribution < 1.29 is 82.1 Å². The van der Waals surface area contributed by atoms with Gasteiger partial charge in [-0.2, -0.15) is 0 Å². The lowest BCUT2D eigenvalue weighted by Crippen LogP contribution is -2.67. The fourth-order valence-corrected chi connectivity index (χ4v) is 17.7. The molecule has 8 fully saturated rings. The highest BCUT2D eigenvalue weighted by atomic mass is 32.2. The zero-order valence-corrected chi connectivity index (χ0v) is 48.4. The second kappa shape index (κ2) is 22.7. The second-order valence-electron chi connectivity index (χ2n) is 26.0. The molecule has 5 saturated heterocycles. The molecule has 3 saturated carbocycles.